The molecule has 104 valence electrons. The van der Waals surface area contributed by atoms with Gasteiger partial charge in [0.15, 0.2) is 0 Å². The zero-order chi connectivity index (χ0) is 13.7. The molecule has 1 unspecified atom stereocenters. The quantitative estimate of drug-likeness (QED) is 0.832. The van der Waals surface area contributed by atoms with E-state index in [1.54, 1.807) is 0 Å². The highest BCUT2D eigenvalue weighted by molar-refractivity contribution is 5.23. The van der Waals surface area contributed by atoms with Crippen molar-refractivity contribution in [1.82, 2.24) is 15.1 Å². The van der Waals surface area contributed by atoms with Crippen LogP contribution in [0.4, 0.5) is 0 Å². The molecule has 0 saturated heterocycles. The van der Waals surface area contributed by atoms with E-state index in [1.807, 2.05) is 10.9 Å². The van der Waals surface area contributed by atoms with Gasteiger partial charge in [0.1, 0.15) is 11.5 Å². The number of nitrogens with zero attached hydrogens (tertiary/aromatic N) is 2. The Kier molecular flexibility index (Phi) is 4.80. The molecular weight excluding hydrogens is 238 g/mol. The summed E-state index contributed by atoms with van der Waals surface area (Å²) in [5.74, 6) is 1.99. The van der Waals surface area contributed by atoms with Crippen molar-refractivity contribution >= 4 is 0 Å². The zero-order valence-corrected chi connectivity index (χ0v) is 12.0. The van der Waals surface area contributed by atoms with E-state index in [2.05, 4.69) is 49.5 Å². The number of nitrogens with one attached hydrogen (secondary N) is 1. The molecule has 4 heteroatoms. The number of furan rings is 1. The Balaban J connectivity index is 2.22. The summed E-state index contributed by atoms with van der Waals surface area (Å²) in [5.41, 5.74) is 1.16. The Labute approximate surface area is 114 Å². The number of aromatic nitrogens is 2. The van der Waals surface area contributed by atoms with E-state index in [4.69, 9.17) is 4.42 Å². The average Bonchev–Trinajstić information content (AvgIpc) is 3.05. The van der Waals surface area contributed by atoms with Gasteiger partial charge < -0.3 is 9.73 Å². The van der Waals surface area contributed by atoms with E-state index in [0.29, 0.717) is 0 Å². The van der Waals surface area contributed by atoms with E-state index in [-0.39, 0.29) is 6.04 Å². The summed E-state index contributed by atoms with van der Waals surface area (Å²) in [5, 5.41) is 7.86. The normalized spacial score (nSPS) is 12.8. The molecule has 2 heterocycles. The fourth-order valence-electron chi connectivity index (χ4n) is 2.21. The highest BCUT2D eigenvalue weighted by Crippen LogP contribution is 2.24. The van der Waals surface area contributed by atoms with Gasteiger partial charge in [-0.25, -0.2) is 0 Å². The lowest BCUT2D eigenvalue weighted by Crippen LogP contribution is -2.21. The monoisotopic (exact) mass is 261 g/mol. The van der Waals surface area contributed by atoms with Crippen molar-refractivity contribution in [3.05, 3.63) is 41.6 Å². The predicted molar refractivity (Wildman–Crippen MR) is 76.1 cm³/mol. The maximum absolute atomic E-state index is 5.87. The molecule has 2 rings (SSSR count). The second-order valence-electron chi connectivity index (χ2n) is 4.69. The molecule has 0 fully saturated rings. The summed E-state index contributed by atoms with van der Waals surface area (Å²) in [6, 6.07) is 4.20. The minimum Gasteiger partial charge on any atom is -0.464 e. The molecule has 0 aliphatic carbocycles. The van der Waals surface area contributed by atoms with Crippen LogP contribution in [-0.2, 0) is 13.0 Å². The van der Waals surface area contributed by atoms with Crippen molar-refractivity contribution in [2.45, 2.75) is 46.2 Å². The fraction of sp³-hybridized carbons (Fsp3) is 0.533. The van der Waals surface area contributed by atoms with Crippen LogP contribution in [0, 0.1) is 0 Å². The van der Waals surface area contributed by atoms with Crippen LogP contribution in [0.1, 0.15) is 50.3 Å². The molecule has 0 bridgehead atoms. The maximum atomic E-state index is 5.87. The molecule has 2 aromatic rings. The Bertz CT molecular complexity index is 501. The van der Waals surface area contributed by atoms with Crippen molar-refractivity contribution in [3.63, 3.8) is 0 Å². The van der Waals surface area contributed by atoms with Gasteiger partial charge in [-0.1, -0.05) is 20.8 Å². The van der Waals surface area contributed by atoms with Crippen LogP contribution in [0.15, 0.2) is 28.9 Å². The second-order valence-corrected chi connectivity index (χ2v) is 4.69. The van der Waals surface area contributed by atoms with Crippen molar-refractivity contribution in [1.29, 1.82) is 0 Å². The highest BCUT2D eigenvalue weighted by Gasteiger charge is 2.18. The van der Waals surface area contributed by atoms with Gasteiger partial charge in [-0.15, -0.1) is 0 Å². The first kappa shape index (κ1) is 13.9. The molecule has 0 spiro atoms. The first-order valence-corrected chi connectivity index (χ1v) is 7.12. The van der Waals surface area contributed by atoms with Crippen LogP contribution in [0.3, 0.4) is 0 Å². The smallest absolute Gasteiger partial charge is 0.125 e. The first-order valence-electron chi connectivity index (χ1n) is 7.12. The van der Waals surface area contributed by atoms with Crippen LogP contribution in [-0.4, -0.2) is 16.3 Å². The van der Waals surface area contributed by atoms with Crippen molar-refractivity contribution < 1.29 is 4.42 Å². The number of hydrogen-bond acceptors (Lipinski definition) is 3. The molecular formula is C15H23N3O. The molecule has 4 nitrogen and oxygen atoms in total. The van der Waals surface area contributed by atoms with Crippen molar-refractivity contribution in [2.75, 3.05) is 6.54 Å². The lowest BCUT2D eigenvalue weighted by atomic mass is 10.1. The van der Waals surface area contributed by atoms with Gasteiger partial charge in [0.25, 0.3) is 0 Å². The predicted octanol–water partition coefficient (Wildman–Crippen LogP) is 3.15. The SMILES string of the molecule is CCCn1cc(C(NCC)c2ccc(CC)o2)cn1. The molecule has 0 saturated carbocycles. The molecule has 0 aliphatic rings. The number of aryl methyl sites for hydroxylation is 2. The van der Waals surface area contributed by atoms with Gasteiger partial charge in [0, 0.05) is 24.7 Å². The van der Waals surface area contributed by atoms with E-state index in [0.717, 1.165) is 43.0 Å². The van der Waals surface area contributed by atoms with E-state index >= 15 is 0 Å². The molecule has 0 radical (unpaired) electrons. The third-order valence-corrected chi connectivity index (χ3v) is 3.16. The van der Waals surface area contributed by atoms with Crippen LogP contribution in [0.25, 0.3) is 0 Å². The van der Waals surface area contributed by atoms with Crippen LogP contribution in [0.2, 0.25) is 0 Å². The minimum absolute atomic E-state index is 0.0934. The molecule has 0 aliphatic heterocycles. The summed E-state index contributed by atoms with van der Waals surface area (Å²) in [7, 11) is 0. The Morgan fingerprint density at radius 3 is 2.79 bits per heavy atom. The summed E-state index contributed by atoms with van der Waals surface area (Å²) in [6.07, 6.45) is 6.05. The Morgan fingerprint density at radius 1 is 1.32 bits per heavy atom. The maximum Gasteiger partial charge on any atom is 0.125 e. The molecule has 1 N–H and O–H groups in total. The van der Waals surface area contributed by atoms with E-state index < -0.39 is 0 Å². The van der Waals surface area contributed by atoms with Gasteiger partial charge in [-0.2, -0.15) is 5.10 Å². The topological polar surface area (TPSA) is 43.0 Å². The largest absolute Gasteiger partial charge is 0.464 e. The van der Waals surface area contributed by atoms with Crippen LogP contribution < -0.4 is 5.32 Å². The third-order valence-electron chi connectivity index (χ3n) is 3.16. The fourth-order valence-corrected chi connectivity index (χ4v) is 2.21. The molecule has 19 heavy (non-hydrogen) atoms. The lowest BCUT2D eigenvalue weighted by molar-refractivity contribution is 0.425. The third kappa shape index (κ3) is 3.26. The second kappa shape index (κ2) is 6.57. The Morgan fingerprint density at radius 2 is 2.16 bits per heavy atom. The van der Waals surface area contributed by atoms with Gasteiger partial charge >= 0.3 is 0 Å². The van der Waals surface area contributed by atoms with Crippen LogP contribution >= 0.6 is 0 Å². The first-order chi connectivity index (χ1) is 9.28. The van der Waals surface area contributed by atoms with E-state index in [1.165, 1.54) is 0 Å². The standard InChI is InChI=1S/C15H23N3O/c1-4-9-18-11-12(10-17-18)15(16-6-3)14-8-7-13(5-2)19-14/h7-8,10-11,15-16H,4-6,9H2,1-3H3. The summed E-state index contributed by atoms with van der Waals surface area (Å²) in [6.45, 7) is 8.21. The summed E-state index contributed by atoms with van der Waals surface area (Å²) < 4.78 is 7.86. The minimum atomic E-state index is 0.0934. The average molecular weight is 261 g/mol. The summed E-state index contributed by atoms with van der Waals surface area (Å²) in [4.78, 5) is 0. The van der Waals surface area contributed by atoms with E-state index in [9.17, 15) is 0 Å². The molecule has 2 aromatic heterocycles. The molecule has 0 aromatic carbocycles. The summed E-state index contributed by atoms with van der Waals surface area (Å²) >= 11 is 0. The van der Waals surface area contributed by atoms with Crippen molar-refractivity contribution in [2.24, 2.45) is 0 Å². The molecule has 0 amide bonds. The Hall–Kier alpha value is -1.55. The van der Waals surface area contributed by atoms with Crippen LogP contribution in [0.5, 0.6) is 0 Å². The van der Waals surface area contributed by atoms with Gasteiger partial charge in [-0.3, -0.25) is 4.68 Å². The molecule has 1 atom stereocenters. The van der Waals surface area contributed by atoms with Gasteiger partial charge in [0.05, 0.1) is 12.2 Å². The number of hydrogen-bond donors (Lipinski definition) is 1. The zero-order valence-electron chi connectivity index (χ0n) is 12.0. The van der Waals surface area contributed by atoms with Gasteiger partial charge in [0.2, 0.25) is 0 Å². The van der Waals surface area contributed by atoms with Crippen molar-refractivity contribution in [3.8, 4) is 0 Å². The van der Waals surface area contributed by atoms with Gasteiger partial charge in [-0.05, 0) is 25.1 Å². The highest BCUT2D eigenvalue weighted by atomic mass is 16.3. The number of rotatable bonds is 7. The lowest BCUT2D eigenvalue weighted by Gasteiger charge is -2.13.